The maximum atomic E-state index is 13.1. The predicted octanol–water partition coefficient (Wildman–Crippen LogP) is 7.05. The summed E-state index contributed by atoms with van der Waals surface area (Å²) in [6, 6.07) is 23.0. The molecule has 0 aliphatic heterocycles. The molecule has 5 aromatic rings. The molecule has 1 N–H and O–H groups in total. The summed E-state index contributed by atoms with van der Waals surface area (Å²) in [7, 11) is 0. The van der Waals surface area contributed by atoms with Gasteiger partial charge in [0.2, 0.25) is 5.88 Å². The van der Waals surface area contributed by atoms with E-state index in [0.717, 1.165) is 28.0 Å². The van der Waals surface area contributed by atoms with E-state index in [1.165, 1.54) is 0 Å². The summed E-state index contributed by atoms with van der Waals surface area (Å²) in [4.78, 5) is 13.1. The van der Waals surface area contributed by atoms with E-state index in [9.17, 15) is 4.79 Å². The van der Waals surface area contributed by atoms with Crippen LogP contribution in [-0.4, -0.2) is 6.10 Å². The topological polar surface area (TPSA) is 64.6 Å². The van der Waals surface area contributed by atoms with Gasteiger partial charge >= 0.3 is 5.63 Å². The molecule has 5 rings (SSSR count). The summed E-state index contributed by atoms with van der Waals surface area (Å²) < 4.78 is 17.9. The van der Waals surface area contributed by atoms with Crippen molar-refractivity contribution < 1.29 is 13.6 Å². The van der Waals surface area contributed by atoms with Crippen molar-refractivity contribution in [2.75, 3.05) is 5.32 Å². The third kappa shape index (κ3) is 3.52. The van der Waals surface area contributed by atoms with E-state index in [0.29, 0.717) is 28.0 Å². The van der Waals surface area contributed by atoms with Crippen LogP contribution in [0.4, 0.5) is 11.6 Å². The fourth-order valence-corrected chi connectivity index (χ4v) is 3.91. The van der Waals surface area contributed by atoms with Crippen LogP contribution >= 0.6 is 0 Å². The summed E-state index contributed by atoms with van der Waals surface area (Å²) in [5.74, 6) is 1.21. The summed E-state index contributed by atoms with van der Waals surface area (Å²) in [6.45, 7) is 5.98. The minimum Gasteiger partial charge on any atom is -0.491 e. The van der Waals surface area contributed by atoms with Crippen LogP contribution in [0.25, 0.3) is 33.1 Å². The van der Waals surface area contributed by atoms with E-state index in [4.69, 9.17) is 13.6 Å². The van der Waals surface area contributed by atoms with Crippen LogP contribution in [0.5, 0.6) is 5.75 Å². The van der Waals surface area contributed by atoms with E-state index in [1.54, 1.807) is 6.07 Å². The number of furan rings is 1. The van der Waals surface area contributed by atoms with Gasteiger partial charge in [-0.05, 0) is 62.2 Å². The minimum absolute atomic E-state index is 0.0323. The molecule has 160 valence electrons. The molecule has 0 saturated heterocycles. The Morgan fingerprint density at radius 3 is 2.50 bits per heavy atom. The molecule has 0 saturated carbocycles. The highest BCUT2D eigenvalue weighted by Crippen LogP contribution is 2.42. The smallest absolute Gasteiger partial charge is 0.348 e. The number of hydrogen-bond donors (Lipinski definition) is 1. The molecule has 2 aromatic heterocycles. The monoisotopic (exact) mass is 425 g/mol. The second-order valence-electron chi connectivity index (χ2n) is 8.03. The highest BCUT2D eigenvalue weighted by atomic mass is 16.5. The quantitative estimate of drug-likeness (QED) is 0.306. The van der Waals surface area contributed by atoms with E-state index in [-0.39, 0.29) is 6.10 Å². The Bertz CT molecular complexity index is 1490. The molecule has 5 heteroatoms. The molecular formula is C27H23NO4. The lowest BCUT2D eigenvalue weighted by molar-refractivity contribution is 0.242. The average Bonchev–Trinajstić information content (AvgIpc) is 3.15. The highest BCUT2D eigenvalue weighted by molar-refractivity contribution is 6.10. The standard InChI is InChI=1S/C27H23NO4/c1-16(2)30-19-11-8-10-18(15-19)23-24-25(20-12-5-7-14-22(20)31-27(24)29)32-26(23)28-21-13-6-4-9-17(21)3/h4-16,28H,1-3H3. The molecule has 32 heavy (non-hydrogen) atoms. The summed E-state index contributed by atoms with van der Waals surface area (Å²) >= 11 is 0. The number of para-hydroxylation sites is 2. The maximum absolute atomic E-state index is 13.1. The van der Waals surface area contributed by atoms with Crippen LogP contribution in [0, 0.1) is 6.92 Å². The van der Waals surface area contributed by atoms with Gasteiger partial charge in [-0.3, -0.25) is 0 Å². The van der Waals surface area contributed by atoms with Crippen molar-refractivity contribution in [3.05, 3.63) is 88.8 Å². The highest BCUT2D eigenvalue weighted by Gasteiger charge is 2.23. The zero-order chi connectivity index (χ0) is 22.2. The van der Waals surface area contributed by atoms with Crippen molar-refractivity contribution in [3.8, 4) is 16.9 Å². The molecule has 0 aliphatic carbocycles. The van der Waals surface area contributed by atoms with Crippen molar-refractivity contribution >= 4 is 33.5 Å². The van der Waals surface area contributed by atoms with Crippen LogP contribution in [0.15, 0.2) is 86.4 Å². The Kier molecular flexibility index (Phi) is 4.94. The molecule has 0 spiro atoms. The molecule has 0 atom stereocenters. The number of aryl methyl sites for hydroxylation is 1. The van der Waals surface area contributed by atoms with Crippen LogP contribution in [0.1, 0.15) is 19.4 Å². The Morgan fingerprint density at radius 1 is 0.906 bits per heavy atom. The van der Waals surface area contributed by atoms with Gasteiger partial charge in [0.25, 0.3) is 0 Å². The molecule has 0 bridgehead atoms. The second-order valence-corrected chi connectivity index (χ2v) is 8.03. The molecule has 0 unspecified atom stereocenters. The number of hydrogen-bond acceptors (Lipinski definition) is 5. The van der Waals surface area contributed by atoms with Crippen molar-refractivity contribution in [2.45, 2.75) is 26.9 Å². The van der Waals surface area contributed by atoms with Gasteiger partial charge in [-0.1, -0.05) is 42.5 Å². The van der Waals surface area contributed by atoms with Gasteiger partial charge in [-0.15, -0.1) is 0 Å². The van der Waals surface area contributed by atoms with Gasteiger partial charge in [-0.25, -0.2) is 4.79 Å². The van der Waals surface area contributed by atoms with Crippen LogP contribution in [0.2, 0.25) is 0 Å². The summed E-state index contributed by atoms with van der Waals surface area (Å²) in [5, 5.41) is 4.54. The van der Waals surface area contributed by atoms with Gasteiger partial charge < -0.3 is 18.9 Å². The van der Waals surface area contributed by atoms with Gasteiger partial charge in [0, 0.05) is 5.69 Å². The van der Waals surface area contributed by atoms with E-state index in [2.05, 4.69) is 5.32 Å². The van der Waals surface area contributed by atoms with Gasteiger partial charge in [0.1, 0.15) is 16.7 Å². The molecule has 3 aromatic carbocycles. The van der Waals surface area contributed by atoms with Crippen LogP contribution < -0.4 is 15.7 Å². The van der Waals surface area contributed by atoms with Crippen LogP contribution in [0.3, 0.4) is 0 Å². The lowest BCUT2D eigenvalue weighted by atomic mass is 10.0. The second kappa shape index (κ2) is 7.93. The number of benzene rings is 3. The Balaban J connectivity index is 1.80. The number of nitrogens with one attached hydrogen (secondary N) is 1. The summed E-state index contributed by atoms with van der Waals surface area (Å²) in [6.07, 6.45) is 0.0323. The molecule has 0 aliphatic rings. The van der Waals surface area contributed by atoms with Crippen LogP contribution in [-0.2, 0) is 0 Å². The average molecular weight is 425 g/mol. The number of anilines is 2. The molecule has 0 amide bonds. The zero-order valence-corrected chi connectivity index (χ0v) is 18.1. The fraction of sp³-hybridized carbons (Fsp3) is 0.148. The lowest BCUT2D eigenvalue weighted by Gasteiger charge is -2.12. The number of ether oxygens (including phenoxy) is 1. The maximum Gasteiger partial charge on any atom is 0.348 e. The third-order valence-electron chi connectivity index (χ3n) is 5.33. The van der Waals surface area contributed by atoms with Gasteiger partial charge in [-0.2, -0.15) is 0 Å². The van der Waals surface area contributed by atoms with Gasteiger partial charge in [0.05, 0.1) is 17.1 Å². The van der Waals surface area contributed by atoms with E-state index < -0.39 is 5.63 Å². The van der Waals surface area contributed by atoms with Crippen molar-refractivity contribution in [2.24, 2.45) is 0 Å². The van der Waals surface area contributed by atoms with E-state index >= 15 is 0 Å². The van der Waals surface area contributed by atoms with Crippen molar-refractivity contribution in [1.82, 2.24) is 0 Å². The van der Waals surface area contributed by atoms with Crippen molar-refractivity contribution in [1.29, 1.82) is 0 Å². The SMILES string of the molecule is Cc1ccccc1Nc1oc2c(c1-c1cccc(OC(C)C)c1)c(=O)oc1ccccc12. The lowest BCUT2D eigenvalue weighted by Crippen LogP contribution is -2.05. The molecule has 0 fully saturated rings. The number of fused-ring (bicyclic) bond motifs is 3. The third-order valence-corrected chi connectivity index (χ3v) is 5.33. The minimum atomic E-state index is -0.439. The molecular weight excluding hydrogens is 402 g/mol. The largest absolute Gasteiger partial charge is 0.491 e. The van der Waals surface area contributed by atoms with Crippen molar-refractivity contribution in [3.63, 3.8) is 0 Å². The first kappa shape index (κ1) is 19.9. The Hall–Kier alpha value is -3.99. The predicted molar refractivity (Wildman–Crippen MR) is 128 cm³/mol. The number of rotatable bonds is 5. The summed E-state index contributed by atoms with van der Waals surface area (Å²) in [5.41, 5.74) is 3.97. The first-order valence-electron chi connectivity index (χ1n) is 10.6. The molecule has 5 nitrogen and oxygen atoms in total. The zero-order valence-electron chi connectivity index (χ0n) is 18.1. The Labute approximate surface area is 185 Å². The first-order chi connectivity index (χ1) is 15.5. The molecule has 0 radical (unpaired) electrons. The van der Waals surface area contributed by atoms with Gasteiger partial charge in [0.15, 0.2) is 5.58 Å². The normalized spacial score (nSPS) is 11.4. The molecule has 2 heterocycles. The Morgan fingerprint density at radius 2 is 1.69 bits per heavy atom. The first-order valence-corrected chi connectivity index (χ1v) is 10.6. The van der Waals surface area contributed by atoms with E-state index in [1.807, 2.05) is 87.5 Å². The fourth-order valence-electron chi connectivity index (χ4n) is 3.91.